The van der Waals surface area contributed by atoms with Crippen molar-refractivity contribution in [3.63, 3.8) is 0 Å². The molecule has 0 bridgehead atoms. The molecule has 0 spiro atoms. The van der Waals surface area contributed by atoms with Crippen LogP contribution in [0.15, 0.2) is 22.7 Å². The summed E-state index contributed by atoms with van der Waals surface area (Å²) in [6.45, 7) is 2.31. The summed E-state index contributed by atoms with van der Waals surface area (Å²) in [5.41, 5.74) is 6.10. The van der Waals surface area contributed by atoms with Gasteiger partial charge in [0.2, 0.25) is 11.7 Å². The fraction of sp³-hybridized carbons (Fsp3) is 0.273. The number of nitrogens with two attached hydrogens (primary N) is 1. The zero-order valence-corrected chi connectivity index (χ0v) is 9.91. The van der Waals surface area contributed by atoms with E-state index in [2.05, 4.69) is 10.1 Å². The molecule has 2 rings (SSSR count). The molecule has 0 amide bonds. The van der Waals surface area contributed by atoms with E-state index in [1.165, 1.54) is 12.1 Å². The molecule has 1 atom stereocenters. The molecule has 17 heavy (non-hydrogen) atoms. The predicted molar refractivity (Wildman–Crippen MR) is 62.2 cm³/mol. The summed E-state index contributed by atoms with van der Waals surface area (Å²) >= 11 is 5.68. The topological polar surface area (TPSA) is 64.9 Å². The maximum atomic E-state index is 13.0. The number of benzene rings is 1. The first-order valence-corrected chi connectivity index (χ1v) is 5.48. The van der Waals surface area contributed by atoms with E-state index in [1.54, 1.807) is 6.07 Å². The molecule has 0 aliphatic carbocycles. The second-order valence-electron chi connectivity index (χ2n) is 3.72. The molecule has 0 radical (unpaired) electrons. The van der Waals surface area contributed by atoms with Crippen LogP contribution in [-0.2, 0) is 0 Å². The number of aromatic nitrogens is 2. The molecule has 1 unspecified atom stereocenters. The highest BCUT2D eigenvalue weighted by Crippen LogP contribution is 2.24. The summed E-state index contributed by atoms with van der Waals surface area (Å²) in [4.78, 5) is 4.18. The van der Waals surface area contributed by atoms with Crippen molar-refractivity contribution in [3.05, 3.63) is 34.9 Å². The Morgan fingerprint density at radius 2 is 2.29 bits per heavy atom. The van der Waals surface area contributed by atoms with Gasteiger partial charge in [-0.15, -0.1) is 0 Å². The molecule has 0 aliphatic heterocycles. The molecule has 6 heteroatoms. The summed E-state index contributed by atoms with van der Waals surface area (Å²) in [6.07, 6.45) is 0. The van der Waals surface area contributed by atoms with Crippen molar-refractivity contribution >= 4 is 11.6 Å². The summed E-state index contributed by atoms with van der Waals surface area (Å²) in [5.74, 6) is 0.353. The van der Waals surface area contributed by atoms with Gasteiger partial charge in [0.05, 0.1) is 5.02 Å². The van der Waals surface area contributed by atoms with Gasteiger partial charge in [0.25, 0.3) is 0 Å². The van der Waals surface area contributed by atoms with Crippen molar-refractivity contribution in [3.8, 4) is 11.4 Å². The predicted octanol–water partition coefficient (Wildman–Crippen LogP) is 2.59. The first-order valence-electron chi connectivity index (χ1n) is 5.11. The molecule has 0 fully saturated rings. The van der Waals surface area contributed by atoms with E-state index in [0.29, 0.717) is 23.8 Å². The molecule has 1 heterocycles. The Morgan fingerprint density at radius 1 is 1.53 bits per heavy atom. The monoisotopic (exact) mass is 255 g/mol. The van der Waals surface area contributed by atoms with E-state index in [-0.39, 0.29) is 10.9 Å². The molecule has 4 nitrogen and oxygen atoms in total. The lowest BCUT2D eigenvalue weighted by Crippen LogP contribution is -2.08. The molecular formula is C11H11ClFN3O. The van der Waals surface area contributed by atoms with E-state index >= 15 is 0 Å². The van der Waals surface area contributed by atoms with Crippen LogP contribution in [-0.4, -0.2) is 16.7 Å². The Kier molecular flexibility index (Phi) is 3.40. The van der Waals surface area contributed by atoms with Crippen LogP contribution in [0.4, 0.5) is 4.39 Å². The van der Waals surface area contributed by atoms with E-state index in [1.807, 2.05) is 6.92 Å². The fourth-order valence-electron chi connectivity index (χ4n) is 1.29. The number of nitrogens with zero attached hydrogens (tertiary/aromatic N) is 2. The second-order valence-corrected chi connectivity index (χ2v) is 4.13. The standard InChI is InChI=1S/C11H11ClFN3O/c1-6(5-14)11-15-10(16-17-11)7-2-3-9(13)8(12)4-7/h2-4,6H,5,14H2,1H3. The summed E-state index contributed by atoms with van der Waals surface area (Å²) < 4.78 is 18.1. The lowest BCUT2D eigenvalue weighted by molar-refractivity contribution is 0.361. The van der Waals surface area contributed by atoms with Crippen LogP contribution in [0.5, 0.6) is 0 Å². The van der Waals surface area contributed by atoms with Crippen LogP contribution in [0.2, 0.25) is 5.02 Å². The average Bonchev–Trinajstić information content (AvgIpc) is 2.81. The van der Waals surface area contributed by atoms with Gasteiger partial charge in [-0.05, 0) is 18.2 Å². The zero-order valence-electron chi connectivity index (χ0n) is 9.15. The van der Waals surface area contributed by atoms with E-state index < -0.39 is 5.82 Å². The minimum Gasteiger partial charge on any atom is -0.339 e. The summed E-state index contributed by atoms with van der Waals surface area (Å²) in [6, 6.07) is 4.27. The molecule has 2 aromatic rings. The molecule has 0 saturated carbocycles. The smallest absolute Gasteiger partial charge is 0.231 e. The number of halogens is 2. The third kappa shape index (κ3) is 2.45. The van der Waals surface area contributed by atoms with Gasteiger partial charge in [-0.3, -0.25) is 0 Å². The minimum atomic E-state index is -0.477. The van der Waals surface area contributed by atoms with Crippen molar-refractivity contribution < 1.29 is 8.91 Å². The Labute approximate surface area is 103 Å². The van der Waals surface area contributed by atoms with Gasteiger partial charge in [-0.1, -0.05) is 23.7 Å². The molecule has 0 aliphatic rings. The van der Waals surface area contributed by atoms with Crippen molar-refractivity contribution in [2.45, 2.75) is 12.8 Å². The van der Waals surface area contributed by atoms with E-state index in [9.17, 15) is 4.39 Å². The maximum Gasteiger partial charge on any atom is 0.231 e. The van der Waals surface area contributed by atoms with Crippen LogP contribution in [0.3, 0.4) is 0 Å². The fourth-order valence-corrected chi connectivity index (χ4v) is 1.47. The van der Waals surface area contributed by atoms with Crippen molar-refractivity contribution in [1.29, 1.82) is 0 Å². The highest BCUT2D eigenvalue weighted by atomic mass is 35.5. The van der Waals surface area contributed by atoms with Crippen molar-refractivity contribution in [2.75, 3.05) is 6.54 Å². The Morgan fingerprint density at radius 3 is 2.94 bits per heavy atom. The highest BCUT2D eigenvalue weighted by molar-refractivity contribution is 6.31. The highest BCUT2D eigenvalue weighted by Gasteiger charge is 2.14. The van der Waals surface area contributed by atoms with Gasteiger partial charge < -0.3 is 10.3 Å². The van der Waals surface area contributed by atoms with Crippen LogP contribution >= 0.6 is 11.6 Å². The minimum absolute atomic E-state index is 0.00725. The van der Waals surface area contributed by atoms with E-state index in [0.717, 1.165) is 0 Å². The van der Waals surface area contributed by atoms with Crippen LogP contribution in [0, 0.1) is 5.82 Å². The van der Waals surface area contributed by atoms with Crippen LogP contribution < -0.4 is 5.73 Å². The maximum absolute atomic E-state index is 13.0. The zero-order chi connectivity index (χ0) is 12.4. The van der Waals surface area contributed by atoms with Gasteiger partial charge in [0.15, 0.2) is 0 Å². The molecule has 0 saturated heterocycles. The summed E-state index contributed by atoms with van der Waals surface area (Å²) in [5, 5.41) is 3.83. The van der Waals surface area contributed by atoms with Crippen molar-refractivity contribution in [2.24, 2.45) is 5.73 Å². The largest absolute Gasteiger partial charge is 0.339 e. The first kappa shape index (κ1) is 12.0. The number of rotatable bonds is 3. The number of hydrogen-bond donors (Lipinski definition) is 1. The van der Waals surface area contributed by atoms with Crippen LogP contribution in [0.1, 0.15) is 18.7 Å². The Bertz CT molecular complexity index is 529. The normalized spacial score (nSPS) is 12.7. The third-order valence-electron chi connectivity index (χ3n) is 2.39. The quantitative estimate of drug-likeness (QED) is 0.916. The lowest BCUT2D eigenvalue weighted by Gasteiger charge is -1.99. The molecule has 1 aromatic heterocycles. The number of hydrogen-bond acceptors (Lipinski definition) is 4. The van der Waals surface area contributed by atoms with Crippen LogP contribution in [0.25, 0.3) is 11.4 Å². The van der Waals surface area contributed by atoms with E-state index in [4.69, 9.17) is 21.9 Å². The molecule has 1 aromatic carbocycles. The van der Waals surface area contributed by atoms with Gasteiger partial charge in [-0.25, -0.2) is 4.39 Å². The molecule has 2 N–H and O–H groups in total. The van der Waals surface area contributed by atoms with Gasteiger partial charge in [0.1, 0.15) is 5.82 Å². The molecular weight excluding hydrogens is 245 g/mol. The third-order valence-corrected chi connectivity index (χ3v) is 2.68. The Balaban J connectivity index is 2.33. The average molecular weight is 256 g/mol. The first-order chi connectivity index (χ1) is 8.11. The second kappa shape index (κ2) is 4.81. The Hall–Kier alpha value is -1.46. The molecule has 90 valence electrons. The van der Waals surface area contributed by atoms with Crippen molar-refractivity contribution in [1.82, 2.24) is 10.1 Å². The lowest BCUT2D eigenvalue weighted by atomic mass is 10.2. The summed E-state index contributed by atoms with van der Waals surface area (Å²) in [7, 11) is 0. The van der Waals surface area contributed by atoms with Gasteiger partial charge in [0, 0.05) is 18.0 Å². The SMILES string of the molecule is CC(CN)c1nc(-c2ccc(F)c(Cl)c2)no1. The van der Waals surface area contributed by atoms with Gasteiger partial charge in [-0.2, -0.15) is 4.98 Å². The van der Waals surface area contributed by atoms with Gasteiger partial charge >= 0.3 is 0 Å².